The molecule has 2 rings (SSSR count). The molecule has 0 unspecified atom stereocenters. The second-order valence-electron chi connectivity index (χ2n) is 2.63. The van der Waals surface area contributed by atoms with Crippen LogP contribution in [-0.2, 0) is 6.42 Å². The van der Waals surface area contributed by atoms with Crippen molar-refractivity contribution in [3.05, 3.63) is 35.7 Å². The highest BCUT2D eigenvalue weighted by molar-refractivity contribution is 5.85. The summed E-state index contributed by atoms with van der Waals surface area (Å²) in [6.45, 7) is 0. The van der Waals surface area contributed by atoms with Gasteiger partial charge in [-0.15, -0.1) is 12.4 Å². The number of allylic oxidation sites excluding steroid dienone is 1. The zero-order chi connectivity index (χ0) is 7.68. The first-order valence-corrected chi connectivity index (χ1v) is 3.71. The largest absolute Gasteiger partial charge is 0.508 e. The number of halogens is 1. The monoisotopic (exact) mass is 183 g/mol. The lowest BCUT2D eigenvalue weighted by Gasteiger charge is -2.10. The minimum absolute atomic E-state index is 0. The third-order valence-electron chi connectivity index (χ3n) is 1.89. The van der Waals surface area contributed by atoms with E-state index in [4.69, 9.17) is 0 Å². The molecule has 0 amide bonds. The average Bonchev–Trinajstić information content (AvgIpc) is 2.06. The van der Waals surface area contributed by atoms with Crippen LogP contribution in [0.2, 0.25) is 0 Å². The molecule has 0 saturated carbocycles. The molecule has 0 radical (unpaired) electrons. The first-order valence-electron chi connectivity index (χ1n) is 3.71. The van der Waals surface area contributed by atoms with Crippen LogP contribution in [0, 0.1) is 0 Å². The standard InChI is InChI=1S/C9H9NO.ClH/c11-9-5-1-4-8-7(9)3-2-6-10-8;/h2-3,5-6,11H,1,4H2;1H. The topological polar surface area (TPSA) is 33.1 Å². The van der Waals surface area contributed by atoms with Gasteiger partial charge in [0.1, 0.15) is 5.76 Å². The van der Waals surface area contributed by atoms with Crippen molar-refractivity contribution in [1.82, 2.24) is 4.98 Å². The van der Waals surface area contributed by atoms with Crippen LogP contribution in [0.1, 0.15) is 17.7 Å². The highest BCUT2D eigenvalue weighted by atomic mass is 35.5. The molecule has 0 saturated heterocycles. The summed E-state index contributed by atoms with van der Waals surface area (Å²) >= 11 is 0. The van der Waals surface area contributed by atoms with Crippen LogP contribution in [-0.4, -0.2) is 10.1 Å². The maximum atomic E-state index is 9.38. The van der Waals surface area contributed by atoms with E-state index in [9.17, 15) is 5.11 Å². The Balaban J connectivity index is 0.000000720. The van der Waals surface area contributed by atoms with E-state index < -0.39 is 0 Å². The Bertz CT molecular complexity index is 309. The van der Waals surface area contributed by atoms with Gasteiger partial charge in [0.2, 0.25) is 0 Å². The Morgan fingerprint density at radius 3 is 3.00 bits per heavy atom. The lowest BCUT2D eigenvalue weighted by Crippen LogP contribution is -2.00. The number of aliphatic hydroxyl groups excluding tert-OH is 1. The van der Waals surface area contributed by atoms with Crippen molar-refractivity contribution in [2.24, 2.45) is 0 Å². The van der Waals surface area contributed by atoms with Gasteiger partial charge in [-0.05, 0) is 31.1 Å². The molecule has 1 aliphatic carbocycles. The van der Waals surface area contributed by atoms with Gasteiger partial charge < -0.3 is 5.11 Å². The summed E-state index contributed by atoms with van der Waals surface area (Å²) in [6.07, 6.45) is 5.44. The first-order chi connectivity index (χ1) is 5.38. The van der Waals surface area contributed by atoms with Gasteiger partial charge in [-0.2, -0.15) is 0 Å². The lowest BCUT2D eigenvalue weighted by atomic mass is 10.0. The maximum absolute atomic E-state index is 9.38. The summed E-state index contributed by atoms with van der Waals surface area (Å²) in [5, 5.41) is 9.38. The highest BCUT2D eigenvalue weighted by Gasteiger charge is 2.10. The molecule has 64 valence electrons. The van der Waals surface area contributed by atoms with Crippen LogP contribution in [0.5, 0.6) is 0 Å². The van der Waals surface area contributed by atoms with Crippen molar-refractivity contribution in [2.45, 2.75) is 12.8 Å². The Morgan fingerprint density at radius 2 is 2.25 bits per heavy atom. The fourth-order valence-corrected chi connectivity index (χ4v) is 1.33. The van der Waals surface area contributed by atoms with Crippen molar-refractivity contribution < 1.29 is 5.11 Å². The van der Waals surface area contributed by atoms with Gasteiger partial charge in [-0.3, -0.25) is 4.98 Å². The number of aryl methyl sites for hydroxylation is 1. The quantitative estimate of drug-likeness (QED) is 0.670. The summed E-state index contributed by atoms with van der Waals surface area (Å²) in [5.74, 6) is 0.374. The Morgan fingerprint density at radius 1 is 1.42 bits per heavy atom. The van der Waals surface area contributed by atoms with Crippen LogP contribution in [0.25, 0.3) is 5.76 Å². The predicted molar refractivity (Wildman–Crippen MR) is 50.4 cm³/mol. The fourth-order valence-electron chi connectivity index (χ4n) is 1.33. The molecule has 0 aliphatic heterocycles. The minimum Gasteiger partial charge on any atom is -0.508 e. The maximum Gasteiger partial charge on any atom is 0.120 e. The van der Waals surface area contributed by atoms with Crippen molar-refractivity contribution in [3.8, 4) is 0 Å². The van der Waals surface area contributed by atoms with E-state index in [0.717, 1.165) is 24.1 Å². The molecule has 3 heteroatoms. The Labute approximate surface area is 77.4 Å². The van der Waals surface area contributed by atoms with E-state index in [1.807, 2.05) is 18.2 Å². The van der Waals surface area contributed by atoms with E-state index in [-0.39, 0.29) is 12.4 Å². The zero-order valence-electron chi connectivity index (χ0n) is 6.53. The normalized spacial score (nSPS) is 14.2. The van der Waals surface area contributed by atoms with Gasteiger partial charge in [-0.1, -0.05) is 0 Å². The zero-order valence-corrected chi connectivity index (χ0v) is 7.34. The lowest BCUT2D eigenvalue weighted by molar-refractivity contribution is 0.504. The van der Waals surface area contributed by atoms with Crippen molar-refractivity contribution in [3.63, 3.8) is 0 Å². The van der Waals surface area contributed by atoms with E-state index in [0.29, 0.717) is 5.76 Å². The molecular weight excluding hydrogens is 174 g/mol. The van der Waals surface area contributed by atoms with Crippen LogP contribution in [0.4, 0.5) is 0 Å². The van der Waals surface area contributed by atoms with Crippen molar-refractivity contribution >= 4 is 18.2 Å². The summed E-state index contributed by atoms with van der Waals surface area (Å²) < 4.78 is 0. The van der Waals surface area contributed by atoms with Gasteiger partial charge in [-0.25, -0.2) is 0 Å². The minimum atomic E-state index is 0. The van der Waals surface area contributed by atoms with Gasteiger partial charge in [0, 0.05) is 11.8 Å². The van der Waals surface area contributed by atoms with E-state index >= 15 is 0 Å². The summed E-state index contributed by atoms with van der Waals surface area (Å²) in [6, 6.07) is 3.74. The highest BCUT2D eigenvalue weighted by Crippen LogP contribution is 2.21. The Kier molecular flexibility index (Phi) is 2.71. The third kappa shape index (κ3) is 1.43. The molecule has 0 aromatic carbocycles. The molecule has 0 fully saturated rings. The number of aromatic nitrogens is 1. The number of aliphatic hydroxyl groups is 1. The summed E-state index contributed by atoms with van der Waals surface area (Å²) in [7, 11) is 0. The molecule has 0 bridgehead atoms. The van der Waals surface area contributed by atoms with E-state index in [1.165, 1.54) is 0 Å². The number of hydrogen-bond donors (Lipinski definition) is 1. The number of hydrogen-bond acceptors (Lipinski definition) is 2. The smallest absolute Gasteiger partial charge is 0.120 e. The van der Waals surface area contributed by atoms with Crippen LogP contribution in [0.15, 0.2) is 24.4 Å². The molecule has 0 spiro atoms. The van der Waals surface area contributed by atoms with Crippen molar-refractivity contribution in [2.75, 3.05) is 0 Å². The predicted octanol–water partition coefficient (Wildman–Crippen LogP) is 2.35. The summed E-state index contributed by atoms with van der Waals surface area (Å²) in [4.78, 5) is 4.17. The third-order valence-corrected chi connectivity index (χ3v) is 1.89. The second kappa shape index (κ2) is 3.59. The molecule has 1 aromatic rings. The number of nitrogens with zero attached hydrogens (tertiary/aromatic N) is 1. The van der Waals surface area contributed by atoms with E-state index in [1.54, 1.807) is 6.20 Å². The van der Waals surface area contributed by atoms with Gasteiger partial charge >= 0.3 is 0 Å². The van der Waals surface area contributed by atoms with Gasteiger partial charge in [0.15, 0.2) is 0 Å². The Hall–Kier alpha value is -1.02. The molecule has 1 aromatic heterocycles. The van der Waals surface area contributed by atoms with Crippen molar-refractivity contribution in [1.29, 1.82) is 0 Å². The second-order valence-corrected chi connectivity index (χ2v) is 2.63. The first kappa shape index (κ1) is 9.07. The SMILES string of the molecule is Cl.OC1=CCCc2ncccc21. The number of pyridine rings is 1. The molecule has 0 atom stereocenters. The molecule has 12 heavy (non-hydrogen) atoms. The average molecular weight is 184 g/mol. The summed E-state index contributed by atoms with van der Waals surface area (Å²) in [5.41, 5.74) is 1.89. The molecule has 1 N–H and O–H groups in total. The number of fused-ring (bicyclic) bond motifs is 1. The van der Waals surface area contributed by atoms with Crippen LogP contribution >= 0.6 is 12.4 Å². The van der Waals surface area contributed by atoms with E-state index in [2.05, 4.69) is 4.98 Å². The van der Waals surface area contributed by atoms with Gasteiger partial charge in [0.05, 0.1) is 5.69 Å². The molecule has 1 heterocycles. The number of rotatable bonds is 0. The van der Waals surface area contributed by atoms with Crippen LogP contribution < -0.4 is 0 Å². The molecular formula is C9H10ClNO. The van der Waals surface area contributed by atoms with Gasteiger partial charge in [0.25, 0.3) is 0 Å². The molecule has 1 aliphatic rings. The molecule has 2 nitrogen and oxygen atoms in total. The van der Waals surface area contributed by atoms with Crippen LogP contribution in [0.3, 0.4) is 0 Å². The fraction of sp³-hybridized carbons (Fsp3) is 0.222.